The van der Waals surface area contributed by atoms with Gasteiger partial charge >= 0.3 is 59.6 Å². The Morgan fingerprint density at radius 1 is 0.336 bits per heavy atom. The van der Waals surface area contributed by atoms with Gasteiger partial charge in [-0.3, -0.25) is 63.8 Å². The molecule has 0 aliphatic carbocycles. The first-order valence-corrected chi connectivity index (χ1v) is 41.4. The summed E-state index contributed by atoms with van der Waals surface area (Å²) < 4.78 is 196. The highest BCUT2D eigenvalue weighted by molar-refractivity contribution is 6.10. The van der Waals surface area contributed by atoms with Crippen LogP contribution < -0.4 is 45.9 Å². The third kappa shape index (κ3) is 37.7. The van der Waals surface area contributed by atoms with Crippen molar-refractivity contribution in [3.05, 3.63) is 393 Å². The van der Waals surface area contributed by atoms with Crippen molar-refractivity contribution in [2.75, 3.05) is 0 Å². The van der Waals surface area contributed by atoms with Gasteiger partial charge < -0.3 is 81.0 Å². The summed E-state index contributed by atoms with van der Waals surface area (Å²) in [7, 11) is 0. The van der Waals surface area contributed by atoms with Crippen molar-refractivity contribution in [1.29, 1.82) is 0 Å². The molecule has 11 aromatic rings. The average molecular weight is 2020 g/mol. The smallest absolute Gasteiger partial charge is 0.416 e. The number of rotatable bonds is 31. The summed E-state index contributed by atoms with van der Waals surface area (Å²) >= 11 is 0. The lowest BCUT2D eigenvalue weighted by atomic mass is 9.99. The van der Waals surface area contributed by atoms with E-state index in [0.29, 0.717) is 44.5 Å². The molecule has 30 nitrogen and oxygen atoms in total. The number of hydrogen-bond donors (Lipinski definition) is 16. The Labute approximate surface area is 803 Å². The summed E-state index contributed by atoms with van der Waals surface area (Å²) in [5.41, 5.74) is 44.7. The van der Waals surface area contributed by atoms with E-state index < -0.39 is 205 Å². The molecule has 0 spiro atoms. The fourth-order valence-electron chi connectivity index (χ4n) is 11.7. The van der Waals surface area contributed by atoms with Gasteiger partial charge in [0.05, 0.1) is 16.1 Å². The van der Waals surface area contributed by atoms with Gasteiger partial charge in [0.2, 0.25) is 5.82 Å². The molecule has 0 amide bonds. The second kappa shape index (κ2) is 54.7. The van der Waals surface area contributed by atoms with Gasteiger partial charge in [-0.25, -0.2) is 44.3 Å². The maximum absolute atomic E-state index is 13.6. The molecule has 8 atom stereocenters. The van der Waals surface area contributed by atoms with Crippen LogP contribution in [-0.2, 0) is 95.4 Å². The summed E-state index contributed by atoms with van der Waals surface area (Å²) in [4.78, 5) is 130. The van der Waals surface area contributed by atoms with E-state index in [1.807, 2.05) is 6.92 Å². The van der Waals surface area contributed by atoms with Crippen LogP contribution in [0.25, 0.3) is 0 Å². The number of benzene rings is 11. The molecule has 0 radical (unpaired) electrons. The third-order valence-electron chi connectivity index (χ3n) is 20.1. The summed E-state index contributed by atoms with van der Waals surface area (Å²) in [6.45, 7) is 6.17. The summed E-state index contributed by atoms with van der Waals surface area (Å²) in [5, 5.41) is 79.2. The van der Waals surface area contributed by atoms with Crippen molar-refractivity contribution in [2.24, 2.45) is 45.9 Å². The number of halogens is 15. The number of hydrogen-bond acceptors (Lipinski definition) is 21. The average Bonchev–Trinajstić information content (AvgIpc) is 0.792. The molecule has 8 unspecified atom stereocenters. The molecule has 11 rings (SSSR count). The maximum atomic E-state index is 13.6. The maximum Gasteiger partial charge on any atom is 0.416 e. The van der Waals surface area contributed by atoms with Crippen molar-refractivity contribution < 1.29 is 164 Å². The van der Waals surface area contributed by atoms with Crippen LogP contribution >= 0.6 is 0 Å². The van der Waals surface area contributed by atoms with Crippen LogP contribution in [0.3, 0.4) is 0 Å². The SMILES string of the molecule is Cc1c(F)c(F)c(CC(N)C(=O)O)c(F)c1F.Cc1ccc(C(F)(F)C(N)C(=O)O)cc1.Cc1ccc(CC(N)(F)C(=O)O)cc1.Cc1ccc(CC(N)C(=O)O)cc1F.NC(Cc1ccc(C(=O)c2c(F)cccc2F)cc1)C(=O)O.NC(Cc1ccc(C(=O)c2ccc(F)cc2)cc1)C(=O)O.NC(Cc1ccc(C(=O)c2ccc([N+](=O)[O-])c(F)c2)cc1)C(=O)O.NC(Cc1ccc(C(F)(F)F)cc1)C(=O)O. The number of aryl methyl sites for hydroxylation is 3. The first-order valence-electron chi connectivity index (χ1n) is 41.4. The molecule has 0 fully saturated rings. The van der Waals surface area contributed by atoms with Crippen LogP contribution in [-0.4, -0.2) is 159 Å². The Balaban J connectivity index is 0.000000343. The van der Waals surface area contributed by atoms with E-state index in [2.05, 4.69) is 0 Å². The van der Waals surface area contributed by atoms with E-state index >= 15 is 0 Å². The van der Waals surface area contributed by atoms with Gasteiger partial charge in [-0.1, -0.05) is 163 Å². The second-order valence-electron chi connectivity index (χ2n) is 31.3. The Hall–Kier alpha value is -15.8. The first-order chi connectivity index (χ1) is 66.5. The molecular formula is C98H94F15N9O21. The molecule has 0 aliphatic heterocycles. The van der Waals surface area contributed by atoms with Gasteiger partial charge in [0, 0.05) is 63.4 Å². The molecular weight excluding hydrogens is 1920 g/mol. The van der Waals surface area contributed by atoms with Crippen LogP contribution in [0.4, 0.5) is 71.5 Å². The number of nitro groups is 1. The lowest BCUT2D eigenvalue weighted by Gasteiger charge is -2.20. The predicted octanol–water partition coefficient (Wildman–Crippen LogP) is 13.1. The number of carbonyl (C=O) groups excluding carboxylic acids is 3. The highest BCUT2D eigenvalue weighted by atomic mass is 19.4. The molecule has 0 aliphatic rings. The van der Waals surface area contributed by atoms with E-state index in [1.54, 1.807) is 86.6 Å². The predicted molar refractivity (Wildman–Crippen MR) is 486 cm³/mol. The highest BCUT2D eigenvalue weighted by Crippen LogP contribution is 2.33. The number of nitrogens with two attached hydrogens (primary N) is 8. The van der Waals surface area contributed by atoms with Crippen molar-refractivity contribution in [2.45, 2.75) is 133 Å². The molecule has 0 bridgehead atoms. The number of carboxylic acids is 8. The minimum absolute atomic E-state index is 0.00741. The minimum atomic E-state index is -4.38. The van der Waals surface area contributed by atoms with E-state index in [0.717, 1.165) is 60.0 Å². The molecule has 45 heteroatoms. The van der Waals surface area contributed by atoms with Crippen molar-refractivity contribution in [3.63, 3.8) is 0 Å². The number of nitro benzene ring substituents is 1. The van der Waals surface area contributed by atoms with Crippen molar-refractivity contribution >= 4 is 70.8 Å². The molecule has 0 heterocycles. The van der Waals surface area contributed by atoms with Crippen molar-refractivity contribution in [1.82, 2.24) is 0 Å². The lowest BCUT2D eigenvalue weighted by Crippen LogP contribution is -2.45. The topological polar surface area (TPSA) is 601 Å². The fourth-order valence-corrected chi connectivity index (χ4v) is 11.7. The van der Waals surface area contributed by atoms with E-state index in [-0.39, 0.29) is 72.4 Å². The zero-order valence-corrected chi connectivity index (χ0v) is 75.5. The number of ketones is 3. The van der Waals surface area contributed by atoms with Gasteiger partial charge in [-0.15, -0.1) is 0 Å². The van der Waals surface area contributed by atoms with Gasteiger partial charge in [0.15, 0.2) is 46.7 Å². The minimum Gasteiger partial charge on any atom is -0.480 e. The van der Waals surface area contributed by atoms with E-state index in [1.165, 1.54) is 115 Å². The normalized spacial score (nSPS) is 12.7. The van der Waals surface area contributed by atoms with Gasteiger partial charge in [-0.2, -0.15) is 26.3 Å². The van der Waals surface area contributed by atoms with Crippen LogP contribution in [0.1, 0.15) is 120 Å². The summed E-state index contributed by atoms with van der Waals surface area (Å²) in [5.74, 6) is -28.2. The Kier molecular flexibility index (Phi) is 45.7. The third-order valence-corrected chi connectivity index (χ3v) is 20.1. The summed E-state index contributed by atoms with van der Waals surface area (Å²) in [6.07, 6.45) is -4.98. The fraction of sp³-hybridized carbons (Fsp3) is 0.214. The Morgan fingerprint density at radius 2 is 0.643 bits per heavy atom. The largest absolute Gasteiger partial charge is 0.480 e. The number of alkyl halides is 6. The highest BCUT2D eigenvalue weighted by Gasteiger charge is 2.44. The lowest BCUT2D eigenvalue weighted by molar-refractivity contribution is -0.387. The van der Waals surface area contributed by atoms with E-state index in [9.17, 15) is 129 Å². The monoisotopic (exact) mass is 2020 g/mol. The van der Waals surface area contributed by atoms with Gasteiger partial charge in [-0.05, 0) is 165 Å². The molecule has 762 valence electrons. The van der Waals surface area contributed by atoms with Gasteiger partial charge in [0.1, 0.15) is 59.5 Å². The standard InChI is InChI=1S/C16H13F2NO3.C16H13FN2O5.C16H14FNO3.C10H9F4NO2.C10H10F3NO2.C10H11F2NO2.2C10H12FNO2/c17-11-2-1-3-12(18)14(11)15(20)10-6-4-9(5-7-10)8-13(19)16(21)22;17-12-8-11(5-6-14(12)19(23)24)15(20)10-3-1-9(2-4-10)7-13(18)16(21)22;17-13-7-5-12(6-8-13)15(19)11-3-1-10(2-4-11)9-14(18)16(20)21;1-3-6(11)8(13)4(9(14)7(3)12)2-5(15)10(16)17;11-10(12,13)7-3-1-6(2-4-7)5-8(14)9(15)16;1-6-2-4-7(5-3-6)10(11,12)8(13)9(14)15;1-7-2-4-8(5-3-7)6-10(11,12)9(13)14;1-6-2-3-7(4-8(6)11)5-9(12)10(13)14/h1-7,13H,8,19H2,(H,21,22);1-6,8,13H,7,18H2,(H,21,22);1-8,14H,9,18H2,(H,20,21);5H,2,15H2,1H3,(H,16,17);1-4,8H,5,14H2,(H,15,16);2-5,8H,13H2,1H3,(H,14,15);2-5H,6,12H2,1H3,(H,13,14);2-4,9H,5,12H2,1H3,(H,13,14). The first kappa shape index (κ1) is 120. The Morgan fingerprint density at radius 3 is 0.979 bits per heavy atom. The molecule has 0 aromatic heterocycles. The number of carbonyl (C=O) groups is 11. The summed E-state index contributed by atoms with van der Waals surface area (Å²) in [6, 6.07) is 41.9. The number of carboxylic acid groups (broad SMARTS) is 8. The van der Waals surface area contributed by atoms with E-state index in [4.69, 9.17) is 86.7 Å². The molecule has 0 saturated heterocycles. The molecule has 11 aromatic carbocycles. The zero-order chi connectivity index (χ0) is 108. The molecule has 0 saturated carbocycles. The van der Waals surface area contributed by atoms with Gasteiger partial charge in [0.25, 0.3) is 11.7 Å². The van der Waals surface area contributed by atoms with Crippen LogP contribution in [0.2, 0.25) is 0 Å². The Bertz CT molecular complexity index is 6250. The van der Waals surface area contributed by atoms with Crippen LogP contribution in [0.15, 0.2) is 224 Å². The van der Waals surface area contributed by atoms with Crippen LogP contribution in [0, 0.1) is 90.2 Å². The number of nitrogens with zero attached hydrogens (tertiary/aromatic N) is 1. The second-order valence-corrected chi connectivity index (χ2v) is 31.3. The zero-order valence-electron chi connectivity index (χ0n) is 75.5. The quantitative estimate of drug-likeness (QED) is 0.00479. The van der Waals surface area contributed by atoms with Crippen LogP contribution in [0.5, 0.6) is 0 Å². The van der Waals surface area contributed by atoms with Crippen molar-refractivity contribution in [3.8, 4) is 0 Å². The molecule has 24 N–H and O–H groups in total. The number of aliphatic carboxylic acids is 8. The molecule has 143 heavy (non-hydrogen) atoms.